The lowest BCUT2D eigenvalue weighted by atomic mass is 9.82. The Morgan fingerprint density at radius 2 is 1.57 bits per heavy atom. The highest BCUT2D eigenvalue weighted by atomic mass is 16.5. The number of phenols is 2. The van der Waals surface area contributed by atoms with E-state index in [0.717, 1.165) is 6.07 Å². The molecule has 3 rings (SSSR count). The Morgan fingerprint density at radius 1 is 0.913 bits per heavy atom. The van der Waals surface area contributed by atoms with Crippen LogP contribution in [0.25, 0.3) is 0 Å². The lowest BCUT2D eigenvalue weighted by Crippen LogP contribution is -2.21. The van der Waals surface area contributed by atoms with Gasteiger partial charge in [-0.3, -0.25) is 9.59 Å². The van der Waals surface area contributed by atoms with Gasteiger partial charge < -0.3 is 20.1 Å². The van der Waals surface area contributed by atoms with E-state index in [2.05, 4.69) is 0 Å². The molecule has 0 spiro atoms. The third-order valence-electron chi connectivity index (χ3n) is 3.90. The number of hydrogen-bond acceptors (Lipinski definition) is 6. The van der Waals surface area contributed by atoms with Crippen LogP contribution < -0.4 is 4.74 Å². The summed E-state index contributed by atoms with van der Waals surface area (Å²) in [6, 6.07) is 5.07. The van der Waals surface area contributed by atoms with Crippen LogP contribution in [0.1, 0.15) is 50.4 Å². The van der Waals surface area contributed by atoms with Crippen molar-refractivity contribution in [1.82, 2.24) is 0 Å². The summed E-state index contributed by atoms with van der Waals surface area (Å²) in [7, 11) is 1.38. The summed E-state index contributed by atoms with van der Waals surface area (Å²) in [5, 5.41) is 29.7. The number of rotatable bonds is 2. The van der Waals surface area contributed by atoms with Crippen LogP contribution in [-0.4, -0.2) is 34.0 Å². The van der Waals surface area contributed by atoms with E-state index in [1.807, 2.05) is 0 Å². The molecule has 0 aromatic heterocycles. The van der Waals surface area contributed by atoms with E-state index >= 15 is 0 Å². The molecule has 118 valence electrons. The Bertz CT molecular complexity index is 851. The number of carbonyl (C=O) groups is 2. The summed E-state index contributed by atoms with van der Waals surface area (Å²) >= 11 is 0. The highest BCUT2D eigenvalue weighted by Crippen LogP contribution is 2.38. The first-order chi connectivity index (χ1) is 10.8. The molecule has 6 nitrogen and oxygen atoms in total. The maximum absolute atomic E-state index is 12.6. The first kappa shape index (κ1) is 15.1. The molecule has 0 saturated heterocycles. The van der Waals surface area contributed by atoms with Crippen LogP contribution >= 0.6 is 0 Å². The molecule has 1 aliphatic rings. The van der Waals surface area contributed by atoms with Crippen molar-refractivity contribution < 1.29 is 29.6 Å². The zero-order chi connectivity index (χ0) is 16.9. The quantitative estimate of drug-likeness (QED) is 0.668. The summed E-state index contributed by atoms with van der Waals surface area (Å²) in [5.41, 5.74) is 0.115. The van der Waals surface area contributed by atoms with Gasteiger partial charge in [0.05, 0.1) is 18.8 Å². The van der Waals surface area contributed by atoms with Crippen molar-refractivity contribution in [3.63, 3.8) is 0 Å². The number of phenolic OH excluding ortho intramolecular Hbond substituents is 2. The van der Waals surface area contributed by atoms with E-state index in [1.165, 1.54) is 32.2 Å². The Kier molecular flexibility index (Phi) is 3.34. The third kappa shape index (κ3) is 2.15. The topological polar surface area (TPSA) is 104 Å². The summed E-state index contributed by atoms with van der Waals surface area (Å²) in [6.45, 7) is 1.44. The molecule has 23 heavy (non-hydrogen) atoms. The molecular formula is C17H14O6. The molecule has 6 heteroatoms. The van der Waals surface area contributed by atoms with E-state index in [0.29, 0.717) is 0 Å². The second kappa shape index (κ2) is 5.10. The molecule has 0 radical (unpaired) electrons. The standard InChI is InChI=1S/C17H14O6/c1-7(18)9-5-10-11(6-13(9)19)16(21)12-3-8(23-2)4-14(20)15(12)17(10)22/h3-7,18-20H,1-2H3. The Hall–Kier alpha value is -2.86. The van der Waals surface area contributed by atoms with Crippen LogP contribution in [0.2, 0.25) is 0 Å². The zero-order valence-electron chi connectivity index (χ0n) is 12.5. The molecule has 1 atom stereocenters. The molecule has 0 fully saturated rings. The van der Waals surface area contributed by atoms with E-state index in [-0.39, 0.29) is 45.1 Å². The Labute approximate surface area is 131 Å². The van der Waals surface area contributed by atoms with Crippen molar-refractivity contribution in [3.05, 3.63) is 52.1 Å². The minimum Gasteiger partial charge on any atom is -0.508 e. The molecule has 0 bridgehead atoms. The lowest BCUT2D eigenvalue weighted by Gasteiger charge is -2.21. The Balaban J connectivity index is 2.29. The second-order valence-corrected chi connectivity index (χ2v) is 5.36. The second-order valence-electron chi connectivity index (χ2n) is 5.36. The van der Waals surface area contributed by atoms with Crippen LogP contribution in [0.5, 0.6) is 17.2 Å². The fourth-order valence-electron chi connectivity index (χ4n) is 2.73. The highest BCUT2D eigenvalue weighted by molar-refractivity contribution is 6.29. The molecule has 2 aromatic rings. The predicted octanol–water partition coefficient (Wildman–Crippen LogP) is 1.94. The number of hydrogen-bond donors (Lipinski definition) is 3. The van der Waals surface area contributed by atoms with Crippen molar-refractivity contribution >= 4 is 11.6 Å². The molecule has 1 aliphatic carbocycles. The number of ether oxygens (including phenoxy) is 1. The van der Waals surface area contributed by atoms with Gasteiger partial charge in [0.15, 0.2) is 11.6 Å². The summed E-state index contributed by atoms with van der Waals surface area (Å²) in [6.07, 6.45) is -1.01. The van der Waals surface area contributed by atoms with Gasteiger partial charge in [-0.25, -0.2) is 0 Å². The van der Waals surface area contributed by atoms with Crippen LogP contribution in [-0.2, 0) is 0 Å². The molecule has 0 aliphatic heterocycles. The molecule has 0 amide bonds. The van der Waals surface area contributed by atoms with Gasteiger partial charge in [0.2, 0.25) is 0 Å². The van der Waals surface area contributed by atoms with Crippen molar-refractivity contribution in [2.45, 2.75) is 13.0 Å². The Morgan fingerprint density at radius 3 is 2.17 bits per heavy atom. The van der Waals surface area contributed by atoms with Crippen LogP contribution in [0, 0.1) is 0 Å². The number of methoxy groups -OCH3 is 1. The third-order valence-corrected chi connectivity index (χ3v) is 3.90. The maximum Gasteiger partial charge on any atom is 0.198 e. The predicted molar refractivity (Wildman–Crippen MR) is 80.3 cm³/mol. The summed E-state index contributed by atoms with van der Waals surface area (Å²) in [4.78, 5) is 25.3. The summed E-state index contributed by atoms with van der Waals surface area (Å²) < 4.78 is 5.00. The van der Waals surface area contributed by atoms with E-state index in [9.17, 15) is 24.9 Å². The average Bonchev–Trinajstić information content (AvgIpc) is 2.51. The maximum atomic E-state index is 12.6. The SMILES string of the molecule is COc1cc(O)c2c(c1)C(=O)c1cc(O)c(C(C)O)cc1C2=O. The molecule has 1 unspecified atom stereocenters. The molecule has 0 saturated carbocycles. The number of aromatic hydroxyl groups is 2. The van der Waals surface area contributed by atoms with Gasteiger partial charge in [-0.15, -0.1) is 0 Å². The van der Waals surface area contributed by atoms with Gasteiger partial charge in [-0.1, -0.05) is 0 Å². The number of aliphatic hydroxyl groups is 1. The van der Waals surface area contributed by atoms with E-state index < -0.39 is 17.7 Å². The number of carbonyl (C=O) groups excluding carboxylic acids is 2. The monoisotopic (exact) mass is 314 g/mol. The van der Waals surface area contributed by atoms with Crippen LogP contribution in [0.3, 0.4) is 0 Å². The molecule has 3 N–H and O–H groups in total. The number of fused-ring (bicyclic) bond motifs is 2. The molecule has 2 aromatic carbocycles. The first-order valence-corrected chi connectivity index (χ1v) is 6.90. The smallest absolute Gasteiger partial charge is 0.198 e. The van der Waals surface area contributed by atoms with Gasteiger partial charge in [-0.05, 0) is 25.1 Å². The minimum absolute atomic E-state index is 0.0172. The number of aliphatic hydroxyl groups excluding tert-OH is 1. The fraction of sp³-hybridized carbons (Fsp3) is 0.176. The van der Waals surface area contributed by atoms with E-state index in [4.69, 9.17) is 4.74 Å². The normalized spacial score (nSPS) is 14.2. The first-order valence-electron chi connectivity index (χ1n) is 6.90. The number of benzene rings is 2. The number of ketones is 2. The van der Waals surface area contributed by atoms with Crippen molar-refractivity contribution in [2.24, 2.45) is 0 Å². The fourth-order valence-corrected chi connectivity index (χ4v) is 2.73. The van der Waals surface area contributed by atoms with Crippen LogP contribution in [0.15, 0.2) is 24.3 Å². The van der Waals surface area contributed by atoms with Gasteiger partial charge in [0, 0.05) is 28.3 Å². The lowest BCUT2D eigenvalue weighted by molar-refractivity contribution is 0.0975. The average molecular weight is 314 g/mol. The van der Waals surface area contributed by atoms with E-state index in [1.54, 1.807) is 0 Å². The van der Waals surface area contributed by atoms with Gasteiger partial charge in [0.1, 0.15) is 17.2 Å². The zero-order valence-corrected chi connectivity index (χ0v) is 12.5. The van der Waals surface area contributed by atoms with Crippen LogP contribution in [0.4, 0.5) is 0 Å². The molecular weight excluding hydrogens is 300 g/mol. The largest absolute Gasteiger partial charge is 0.508 e. The highest BCUT2D eigenvalue weighted by Gasteiger charge is 2.34. The molecule has 0 heterocycles. The van der Waals surface area contributed by atoms with Gasteiger partial charge in [-0.2, -0.15) is 0 Å². The van der Waals surface area contributed by atoms with Gasteiger partial charge in [0.25, 0.3) is 0 Å². The van der Waals surface area contributed by atoms with Crippen molar-refractivity contribution in [3.8, 4) is 17.2 Å². The van der Waals surface area contributed by atoms with Gasteiger partial charge >= 0.3 is 0 Å². The van der Waals surface area contributed by atoms with Crippen molar-refractivity contribution in [2.75, 3.05) is 7.11 Å². The minimum atomic E-state index is -1.01. The summed E-state index contributed by atoms with van der Waals surface area (Å²) in [5.74, 6) is -1.42. The van der Waals surface area contributed by atoms with Crippen molar-refractivity contribution in [1.29, 1.82) is 0 Å².